The third-order valence-corrected chi connectivity index (χ3v) is 6.85. The number of amides is 1. The third-order valence-electron chi connectivity index (χ3n) is 5.79. The number of carbonyl (C=O) groups is 1. The molecule has 0 bridgehead atoms. The Morgan fingerprint density at radius 1 is 1.06 bits per heavy atom. The van der Waals surface area contributed by atoms with Crippen LogP contribution in [0.4, 0.5) is 4.79 Å². The highest BCUT2D eigenvalue weighted by Gasteiger charge is 2.22. The number of ether oxygens (including phenoxy) is 1. The number of imidazole rings is 1. The molecule has 8 heteroatoms. The van der Waals surface area contributed by atoms with E-state index in [2.05, 4.69) is 27.0 Å². The van der Waals surface area contributed by atoms with Crippen molar-refractivity contribution in [3.05, 3.63) is 71.8 Å². The highest BCUT2D eigenvalue weighted by Crippen LogP contribution is 2.19. The molecule has 0 atom stereocenters. The largest absolute Gasteiger partial charge is 0.415 e. The van der Waals surface area contributed by atoms with Gasteiger partial charge in [-0.25, -0.2) is 9.78 Å². The van der Waals surface area contributed by atoms with Crippen molar-refractivity contribution in [3.8, 4) is 5.75 Å². The van der Waals surface area contributed by atoms with Crippen LogP contribution in [0.15, 0.2) is 60.0 Å². The number of rotatable bonds is 8. The standard InChI is InChI=1S/C25H31N5O2S/c1-20-4-3-5-22(27-20)10-13-29-15-17-30(18-16-29)25(31)32-23-8-6-21(7-9-23)11-19-33-24-26-12-14-28(24)2/h3-9,12,14H,10-11,13,15-19H2,1-2H3. The van der Waals surface area contributed by atoms with Gasteiger partial charge in [-0.05, 0) is 43.2 Å². The van der Waals surface area contributed by atoms with Crippen LogP contribution in [0.2, 0.25) is 0 Å². The fourth-order valence-electron chi connectivity index (χ4n) is 3.81. The Labute approximate surface area is 199 Å². The summed E-state index contributed by atoms with van der Waals surface area (Å²) in [6, 6.07) is 14.0. The first-order valence-electron chi connectivity index (χ1n) is 11.4. The highest BCUT2D eigenvalue weighted by molar-refractivity contribution is 7.99. The predicted octanol–water partition coefficient (Wildman–Crippen LogP) is 3.82. The number of nitrogens with zero attached hydrogens (tertiary/aromatic N) is 5. The van der Waals surface area contributed by atoms with E-state index in [0.29, 0.717) is 18.8 Å². The van der Waals surface area contributed by atoms with Crippen molar-refractivity contribution in [2.45, 2.75) is 24.9 Å². The van der Waals surface area contributed by atoms with Gasteiger partial charge in [0, 0.05) is 75.7 Å². The molecule has 1 aromatic carbocycles. The van der Waals surface area contributed by atoms with Crippen LogP contribution >= 0.6 is 11.8 Å². The van der Waals surface area contributed by atoms with Gasteiger partial charge in [0.15, 0.2) is 5.16 Å². The predicted molar refractivity (Wildman–Crippen MR) is 131 cm³/mol. The summed E-state index contributed by atoms with van der Waals surface area (Å²) in [7, 11) is 2.00. The lowest BCUT2D eigenvalue weighted by atomic mass is 10.2. The molecule has 3 heterocycles. The zero-order valence-electron chi connectivity index (χ0n) is 19.3. The Balaban J connectivity index is 1.17. The smallest absolute Gasteiger partial charge is 0.410 e. The molecule has 2 aromatic heterocycles. The van der Waals surface area contributed by atoms with E-state index < -0.39 is 0 Å². The molecule has 0 saturated carbocycles. The number of pyridine rings is 1. The van der Waals surface area contributed by atoms with Gasteiger partial charge in [-0.3, -0.25) is 9.88 Å². The molecule has 1 fully saturated rings. The number of thioether (sulfide) groups is 1. The van der Waals surface area contributed by atoms with E-state index in [1.807, 2.05) is 61.3 Å². The number of benzene rings is 1. The van der Waals surface area contributed by atoms with Gasteiger partial charge in [0.25, 0.3) is 0 Å². The minimum absolute atomic E-state index is 0.270. The minimum atomic E-state index is -0.270. The van der Waals surface area contributed by atoms with Gasteiger partial charge in [0.05, 0.1) is 0 Å². The molecule has 3 aromatic rings. The summed E-state index contributed by atoms with van der Waals surface area (Å²) in [5.41, 5.74) is 3.39. The molecule has 1 aliphatic heterocycles. The summed E-state index contributed by atoms with van der Waals surface area (Å²) in [6.45, 7) is 6.05. The van der Waals surface area contributed by atoms with Crippen molar-refractivity contribution in [1.29, 1.82) is 0 Å². The van der Waals surface area contributed by atoms with Crippen LogP contribution in [0, 0.1) is 6.92 Å². The van der Waals surface area contributed by atoms with E-state index in [4.69, 9.17) is 4.74 Å². The summed E-state index contributed by atoms with van der Waals surface area (Å²) in [5.74, 6) is 1.54. The highest BCUT2D eigenvalue weighted by atomic mass is 32.2. The van der Waals surface area contributed by atoms with Crippen LogP contribution < -0.4 is 4.74 Å². The quantitative estimate of drug-likeness (QED) is 0.472. The van der Waals surface area contributed by atoms with Gasteiger partial charge in [0.1, 0.15) is 5.75 Å². The maximum atomic E-state index is 12.6. The molecule has 33 heavy (non-hydrogen) atoms. The molecule has 0 radical (unpaired) electrons. The molecule has 0 unspecified atom stereocenters. The van der Waals surface area contributed by atoms with Gasteiger partial charge in [-0.15, -0.1) is 0 Å². The topological polar surface area (TPSA) is 63.5 Å². The van der Waals surface area contributed by atoms with E-state index in [1.54, 1.807) is 16.7 Å². The van der Waals surface area contributed by atoms with E-state index in [1.165, 1.54) is 5.56 Å². The summed E-state index contributed by atoms with van der Waals surface area (Å²) in [5, 5.41) is 1.02. The van der Waals surface area contributed by atoms with Crippen molar-refractivity contribution < 1.29 is 9.53 Å². The van der Waals surface area contributed by atoms with E-state index in [0.717, 1.165) is 54.8 Å². The fourth-order valence-corrected chi connectivity index (χ4v) is 4.73. The average Bonchev–Trinajstić information content (AvgIpc) is 3.24. The normalized spacial score (nSPS) is 14.4. The Morgan fingerprint density at radius 2 is 1.85 bits per heavy atom. The van der Waals surface area contributed by atoms with Gasteiger partial charge >= 0.3 is 6.09 Å². The lowest BCUT2D eigenvalue weighted by Gasteiger charge is -2.33. The van der Waals surface area contributed by atoms with Crippen LogP contribution in [0.1, 0.15) is 17.0 Å². The zero-order valence-corrected chi connectivity index (χ0v) is 20.1. The Bertz CT molecular complexity index is 1040. The van der Waals surface area contributed by atoms with Gasteiger partial charge in [-0.2, -0.15) is 0 Å². The molecule has 0 aliphatic carbocycles. The summed E-state index contributed by atoms with van der Waals surface area (Å²) >= 11 is 1.74. The second kappa shape index (κ2) is 11.3. The van der Waals surface area contributed by atoms with Crippen molar-refractivity contribution in [3.63, 3.8) is 0 Å². The maximum absolute atomic E-state index is 12.6. The van der Waals surface area contributed by atoms with Crippen LogP contribution in [0.25, 0.3) is 0 Å². The number of aryl methyl sites for hydroxylation is 3. The third kappa shape index (κ3) is 6.82. The van der Waals surface area contributed by atoms with Crippen LogP contribution in [0.5, 0.6) is 5.75 Å². The fraction of sp³-hybridized carbons (Fsp3) is 0.400. The van der Waals surface area contributed by atoms with E-state index >= 15 is 0 Å². The van der Waals surface area contributed by atoms with E-state index in [-0.39, 0.29) is 6.09 Å². The Hall–Kier alpha value is -2.84. The average molecular weight is 466 g/mol. The van der Waals surface area contributed by atoms with Crippen molar-refractivity contribution in [2.75, 3.05) is 38.5 Å². The van der Waals surface area contributed by atoms with Crippen molar-refractivity contribution >= 4 is 17.9 Å². The lowest BCUT2D eigenvalue weighted by Crippen LogP contribution is -2.49. The first kappa shape index (κ1) is 23.3. The SMILES string of the molecule is Cc1cccc(CCN2CCN(C(=O)Oc3ccc(CCSc4nccn4C)cc3)CC2)n1. The zero-order chi connectivity index (χ0) is 23.0. The second-order valence-electron chi connectivity index (χ2n) is 8.28. The molecular weight excluding hydrogens is 434 g/mol. The Kier molecular flexibility index (Phi) is 8.01. The molecule has 0 N–H and O–H groups in total. The molecule has 1 saturated heterocycles. The molecule has 1 aliphatic rings. The van der Waals surface area contributed by atoms with Crippen LogP contribution in [-0.4, -0.2) is 68.9 Å². The first-order chi connectivity index (χ1) is 16.1. The molecule has 174 valence electrons. The monoisotopic (exact) mass is 465 g/mol. The second-order valence-corrected chi connectivity index (χ2v) is 9.34. The van der Waals surface area contributed by atoms with Crippen molar-refractivity contribution in [1.82, 2.24) is 24.3 Å². The molecule has 0 spiro atoms. The van der Waals surface area contributed by atoms with Gasteiger partial charge in [0.2, 0.25) is 0 Å². The molecule has 4 rings (SSSR count). The Morgan fingerprint density at radius 3 is 2.55 bits per heavy atom. The summed E-state index contributed by atoms with van der Waals surface area (Å²) in [4.78, 5) is 25.6. The number of carbonyl (C=O) groups excluding carboxylic acids is 1. The molecule has 1 amide bonds. The maximum Gasteiger partial charge on any atom is 0.415 e. The van der Waals surface area contributed by atoms with Crippen molar-refractivity contribution in [2.24, 2.45) is 7.05 Å². The first-order valence-corrected chi connectivity index (χ1v) is 12.4. The van der Waals surface area contributed by atoms with Crippen LogP contribution in [-0.2, 0) is 19.9 Å². The molecular formula is C25H31N5O2S. The lowest BCUT2D eigenvalue weighted by molar-refractivity contribution is 0.111. The number of piperazine rings is 1. The van der Waals surface area contributed by atoms with Gasteiger partial charge in [-0.1, -0.05) is 30.0 Å². The van der Waals surface area contributed by atoms with E-state index in [9.17, 15) is 4.79 Å². The minimum Gasteiger partial charge on any atom is -0.410 e. The number of hydrogen-bond acceptors (Lipinski definition) is 6. The summed E-state index contributed by atoms with van der Waals surface area (Å²) < 4.78 is 7.63. The van der Waals surface area contributed by atoms with Crippen LogP contribution in [0.3, 0.4) is 0 Å². The number of aromatic nitrogens is 3. The van der Waals surface area contributed by atoms with Gasteiger partial charge < -0.3 is 14.2 Å². The number of hydrogen-bond donors (Lipinski definition) is 0. The molecule has 7 nitrogen and oxygen atoms in total. The summed E-state index contributed by atoms with van der Waals surface area (Å²) in [6.07, 6.45) is 5.36.